The molecule has 41 heavy (non-hydrogen) atoms. The van der Waals surface area contributed by atoms with Crippen molar-refractivity contribution >= 4 is 34.4 Å². The lowest BCUT2D eigenvalue weighted by molar-refractivity contribution is -0.122. The fourth-order valence-electron chi connectivity index (χ4n) is 6.57. The first-order valence-corrected chi connectivity index (χ1v) is 14.0. The summed E-state index contributed by atoms with van der Waals surface area (Å²) in [5, 5.41) is 8.55. The predicted octanol–water partition coefficient (Wildman–Crippen LogP) is 8.14. The zero-order valence-electron chi connectivity index (χ0n) is 22.9. The van der Waals surface area contributed by atoms with Gasteiger partial charge in [0.25, 0.3) is 0 Å². The highest BCUT2D eigenvalue weighted by atomic mass is 16.2. The van der Waals surface area contributed by atoms with Crippen molar-refractivity contribution in [2.45, 2.75) is 13.8 Å². The summed E-state index contributed by atoms with van der Waals surface area (Å²) in [7, 11) is 0. The van der Waals surface area contributed by atoms with Crippen LogP contribution in [0.3, 0.4) is 0 Å². The lowest BCUT2D eigenvalue weighted by Crippen LogP contribution is -2.33. The minimum absolute atomic E-state index is 0.108. The standard InChI is InChI=1S/C36H29N3O2/c1-22-8-12-24(13-9-22)31(25-14-10-23(2)11-15-25)32-29-20-21-30(32)34-33(29)35(40)39(36(34)41)28-18-16-27(17-19-28)38-37-26-6-4-3-5-7-26/h3-21,29-30,33-34H,1-2H3/t29-,30-,33-,34-/m1/s1. The monoisotopic (exact) mass is 535 g/mol. The highest BCUT2D eigenvalue weighted by Gasteiger charge is 2.62. The number of benzene rings is 4. The van der Waals surface area contributed by atoms with Crippen LogP contribution in [0.1, 0.15) is 22.3 Å². The number of fused-ring (bicyclic) bond motifs is 5. The molecule has 4 aromatic rings. The van der Waals surface area contributed by atoms with Gasteiger partial charge in [-0.25, -0.2) is 4.90 Å². The molecule has 0 unspecified atom stereocenters. The summed E-state index contributed by atoms with van der Waals surface area (Å²) >= 11 is 0. The van der Waals surface area contributed by atoms with E-state index in [1.165, 1.54) is 21.6 Å². The average molecular weight is 536 g/mol. The molecule has 0 spiro atoms. The normalized spacial score (nSPS) is 22.7. The maximum Gasteiger partial charge on any atom is 0.238 e. The number of hydrogen-bond acceptors (Lipinski definition) is 4. The van der Waals surface area contributed by atoms with E-state index < -0.39 is 11.8 Å². The van der Waals surface area contributed by atoms with E-state index in [1.807, 2.05) is 30.3 Å². The maximum absolute atomic E-state index is 13.9. The molecule has 200 valence electrons. The van der Waals surface area contributed by atoms with Crippen LogP contribution in [0.2, 0.25) is 0 Å². The molecule has 5 nitrogen and oxygen atoms in total. The number of imide groups is 1. The van der Waals surface area contributed by atoms with Crippen LogP contribution in [0.4, 0.5) is 17.1 Å². The van der Waals surface area contributed by atoms with Crippen LogP contribution in [0.15, 0.2) is 131 Å². The van der Waals surface area contributed by atoms with Gasteiger partial charge < -0.3 is 0 Å². The molecule has 0 radical (unpaired) electrons. The minimum atomic E-state index is -0.393. The fraction of sp³-hybridized carbons (Fsp3) is 0.167. The number of rotatable bonds is 5. The second-order valence-electron chi connectivity index (χ2n) is 11.1. The largest absolute Gasteiger partial charge is 0.274 e. The Morgan fingerprint density at radius 2 is 1.05 bits per heavy atom. The molecule has 2 aliphatic carbocycles. The maximum atomic E-state index is 13.9. The van der Waals surface area contributed by atoms with E-state index in [0.717, 1.165) is 22.4 Å². The molecule has 1 aliphatic heterocycles. The van der Waals surface area contributed by atoms with Crippen molar-refractivity contribution in [1.82, 2.24) is 0 Å². The van der Waals surface area contributed by atoms with Gasteiger partial charge in [-0.1, -0.05) is 90.0 Å². The zero-order chi connectivity index (χ0) is 28.1. The summed E-state index contributed by atoms with van der Waals surface area (Å²) < 4.78 is 0. The molecule has 2 amide bonds. The summed E-state index contributed by atoms with van der Waals surface area (Å²) in [5.74, 6) is -1.25. The van der Waals surface area contributed by atoms with Crippen LogP contribution in [0.5, 0.6) is 0 Å². The van der Waals surface area contributed by atoms with E-state index in [9.17, 15) is 9.59 Å². The number of amides is 2. The van der Waals surface area contributed by atoms with Gasteiger partial charge >= 0.3 is 0 Å². The van der Waals surface area contributed by atoms with Crippen LogP contribution < -0.4 is 4.90 Å². The SMILES string of the molecule is Cc1ccc(C(=C2[C@H]3C=C[C@H]2[C@H]2C(=O)N(c4ccc(N=Nc5ccccc5)cc4)C(=O)[C@@H]23)c2ccc(C)cc2)cc1. The molecule has 7 rings (SSSR count). The summed E-state index contributed by atoms with van der Waals surface area (Å²) in [6.45, 7) is 4.16. The van der Waals surface area contributed by atoms with Gasteiger partial charge in [-0.3, -0.25) is 9.59 Å². The van der Waals surface area contributed by atoms with Gasteiger partial charge in [0.2, 0.25) is 11.8 Å². The molecule has 4 atom stereocenters. The van der Waals surface area contributed by atoms with Crippen molar-refractivity contribution in [3.8, 4) is 0 Å². The molecule has 3 aliphatic rings. The van der Waals surface area contributed by atoms with Crippen molar-refractivity contribution in [2.24, 2.45) is 33.9 Å². The summed E-state index contributed by atoms with van der Waals surface area (Å²) in [6, 6.07) is 33.8. The van der Waals surface area contributed by atoms with Crippen molar-refractivity contribution in [3.05, 3.63) is 143 Å². The third kappa shape index (κ3) is 4.25. The number of azo groups is 1. The number of allylic oxidation sites excluding steroid dienone is 3. The van der Waals surface area contributed by atoms with E-state index in [4.69, 9.17) is 0 Å². The second-order valence-corrected chi connectivity index (χ2v) is 11.1. The van der Waals surface area contributed by atoms with Crippen molar-refractivity contribution in [3.63, 3.8) is 0 Å². The zero-order valence-corrected chi connectivity index (χ0v) is 22.9. The first-order chi connectivity index (χ1) is 20.0. The lowest BCUT2D eigenvalue weighted by Gasteiger charge is -2.22. The first kappa shape index (κ1) is 25.1. The molecular formula is C36H29N3O2. The second kappa shape index (κ2) is 9.93. The van der Waals surface area contributed by atoms with Crippen molar-refractivity contribution in [2.75, 3.05) is 4.90 Å². The Morgan fingerprint density at radius 1 is 0.585 bits per heavy atom. The number of nitrogens with zero attached hydrogens (tertiary/aromatic N) is 3. The van der Waals surface area contributed by atoms with Gasteiger partial charge in [-0.2, -0.15) is 10.2 Å². The van der Waals surface area contributed by atoms with Crippen LogP contribution in [0.25, 0.3) is 5.57 Å². The number of hydrogen-bond donors (Lipinski definition) is 0. The lowest BCUT2D eigenvalue weighted by atomic mass is 9.85. The summed E-state index contributed by atoms with van der Waals surface area (Å²) in [6.07, 6.45) is 4.29. The molecule has 1 saturated heterocycles. The van der Waals surface area contributed by atoms with Crippen molar-refractivity contribution < 1.29 is 9.59 Å². The van der Waals surface area contributed by atoms with Gasteiger partial charge in [0.1, 0.15) is 0 Å². The Kier molecular flexibility index (Phi) is 6.08. The molecule has 1 saturated carbocycles. The van der Waals surface area contributed by atoms with Crippen molar-refractivity contribution in [1.29, 1.82) is 0 Å². The molecule has 0 N–H and O–H groups in total. The van der Waals surface area contributed by atoms with E-state index in [2.05, 4.69) is 84.8 Å². The topological polar surface area (TPSA) is 62.1 Å². The molecule has 1 heterocycles. The molecule has 0 aromatic heterocycles. The Balaban J connectivity index is 1.22. The predicted molar refractivity (Wildman–Crippen MR) is 161 cm³/mol. The molecular weight excluding hydrogens is 506 g/mol. The average Bonchev–Trinajstić information content (AvgIpc) is 3.63. The molecule has 2 fully saturated rings. The van der Waals surface area contributed by atoms with Gasteiger partial charge in [-0.05, 0) is 72.5 Å². The molecule has 2 bridgehead atoms. The van der Waals surface area contributed by atoms with E-state index in [-0.39, 0.29) is 23.7 Å². The van der Waals surface area contributed by atoms with E-state index >= 15 is 0 Å². The number of carbonyl (C=O) groups excluding carboxylic acids is 2. The number of aryl methyl sites for hydroxylation is 2. The van der Waals surface area contributed by atoms with Crippen LogP contribution >= 0.6 is 0 Å². The summed E-state index contributed by atoms with van der Waals surface area (Å²) in [5.41, 5.74) is 8.94. The highest BCUT2D eigenvalue weighted by Crippen LogP contribution is 2.59. The van der Waals surface area contributed by atoms with E-state index in [0.29, 0.717) is 11.4 Å². The molecule has 4 aromatic carbocycles. The third-order valence-corrected chi connectivity index (χ3v) is 8.53. The fourth-order valence-corrected chi connectivity index (χ4v) is 6.57. The number of carbonyl (C=O) groups is 2. The first-order valence-electron chi connectivity index (χ1n) is 14.0. The van der Waals surface area contributed by atoms with E-state index in [1.54, 1.807) is 24.3 Å². The highest BCUT2D eigenvalue weighted by molar-refractivity contribution is 6.23. The van der Waals surface area contributed by atoms with Crippen LogP contribution in [-0.4, -0.2) is 11.8 Å². The smallest absolute Gasteiger partial charge is 0.238 e. The minimum Gasteiger partial charge on any atom is -0.274 e. The van der Waals surface area contributed by atoms with Gasteiger partial charge in [-0.15, -0.1) is 0 Å². The van der Waals surface area contributed by atoms with Crippen LogP contribution in [-0.2, 0) is 9.59 Å². The Morgan fingerprint density at radius 3 is 1.54 bits per heavy atom. The Bertz CT molecular complexity index is 1650. The Labute approximate surface area is 239 Å². The third-order valence-electron chi connectivity index (χ3n) is 8.53. The van der Waals surface area contributed by atoms with Gasteiger partial charge in [0, 0.05) is 11.8 Å². The Hall–Kier alpha value is -4.90. The van der Waals surface area contributed by atoms with Crippen LogP contribution in [0, 0.1) is 37.5 Å². The number of anilines is 1. The summed E-state index contributed by atoms with van der Waals surface area (Å²) in [4.78, 5) is 29.2. The van der Waals surface area contributed by atoms with Gasteiger partial charge in [0.15, 0.2) is 0 Å². The quantitative estimate of drug-likeness (QED) is 0.147. The van der Waals surface area contributed by atoms with Gasteiger partial charge in [0.05, 0.1) is 28.9 Å². The molecule has 5 heteroatoms.